The maximum Gasteiger partial charge on any atom is 0.331 e. The Kier molecular flexibility index (Phi) is 2.22. The van der Waals surface area contributed by atoms with Crippen LogP contribution in [0, 0.1) is 6.92 Å². The third kappa shape index (κ3) is 1.38. The first kappa shape index (κ1) is 10.7. The number of para-hydroxylation sites is 1. The summed E-state index contributed by atoms with van der Waals surface area (Å²) in [6.07, 6.45) is 0. The summed E-state index contributed by atoms with van der Waals surface area (Å²) in [6.45, 7) is 5.18. The Hall–Kier alpha value is -1.84. The highest BCUT2D eigenvalue weighted by Crippen LogP contribution is 2.24. The fraction of sp³-hybridized carbons (Fsp3) is 0.333. The summed E-state index contributed by atoms with van der Waals surface area (Å²) in [5.74, 6) is -0.888. The van der Waals surface area contributed by atoms with Gasteiger partial charge >= 0.3 is 5.97 Å². The van der Waals surface area contributed by atoms with Crippen molar-refractivity contribution in [2.45, 2.75) is 26.3 Å². The molecule has 0 aliphatic rings. The van der Waals surface area contributed by atoms with Gasteiger partial charge in [0.1, 0.15) is 0 Å². The van der Waals surface area contributed by atoms with E-state index in [0.717, 1.165) is 16.6 Å². The van der Waals surface area contributed by atoms with Crippen molar-refractivity contribution < 1.29 is 9.90 Å². The maximum atomic E-state index is 11.2. The number of fused-ring (bicyclic) bond motifs is 1. The fourth-order valence-corrected chi connectivity index (χ4v) is 1.74. The van der Waals surface area contributed by atoms with Gasteiger partial charge < -0.3 is 5.11 Å². The SMILES string of the molecule is Cc1nn(C(C)(C)C(=O)O)c2ccccc12. The number of hydrogen-bond acceptors (Lipinski definition) is 2. The van der Waals surface area contributed by atoms with Gasteiger partial charge in [-0.05, 0) is 26.8 Å². The molecule has 0 saturated carbocycles. The molecule has 0 fully saturated rings. The molecule has 2 rings (SSSR count). The largest absolute Gasteiger partial charge is 0.479 e. The van der Waals surface area contributed by atoms with Gasteiger partial charge in [-0.1, -0.05) is 18.2 Å². The Bertz CT molecular complexity index is 555. The number of aromatic nitrogens is 2. The molecule has 0 aliphatic carbocycles. The van der Waals surface area contributed by atoms with Crippen LogP contribution in [-0.2, 0) is 10.3 Å². The van der Waals surface area contributed by atoms with E-state index in [1.807, 2.05) is 31.2 Å². The summed E-state index contributed by atoms with van der Waals surface area (Å²) in [4.78, 5) is 11.2. The van der Waals surface area contributed by atoms with Crippen LogP contribution in [0.15, 0.2) is 24.3 Å². The first-order chi connectivity index (χ1) is 7.44. The molecular formula is C12H14N2O2. The molecular weight excluding hydrogens is 204 g/mol. The van der Waals surface area contributed by atoms with Crippen molar-refractivity contribution in [2.24, 2.45) is 0 Å². The van der Waals surface area contributed by atoms with Gasteiger partial charge in [0.05, 0.1) is 11.2 Å². The molecule has 4 nitrogen and oxygen atoms in total. The molecule has 0 radical (unpaired) electrons. The standard InChI is InChI=1S/C12H14N2O2/c1-8-9-6-4-5-7-10(9)14(13-8)12(2,3)11(15)16/h4-7H,1-3H3,(H,15,16). The van der Waals surface area contributed by atoms with Crippen LogP contribution >= 0.6 is 0 Å². The number of carboxylic acids is 1. The molecule has 4 heteroatoms. The lowest BCUT2D eigenvalue weighted by Crippen LogP contribution is -2.36. The van der Waals surface area contributed by atoms with Gasteiger partial charge in [0.25, 0.3) is 0 Å². The molecule has 0 saturated heterocycles. The summed E-state index contributed by atoms with van der Waals surface area (Å²) in [6, 6.07) is 7.65. The zero-order chi connectivity index (χ0) is 11.9. The van der Waals surface area contributed by atoms with E-state index in [2.05, 4.69) is 5.10 Å². The predicted octanol–water partition coefficient (Wildman–Crippen LogP) is 2.16. The predicted molar refractivity (Wildman–Crippen MR) is 61.4 cm³/mol. The van der Waals surface area contributed by atoms with E-state index in [4.69, 9.17) is 0 Å². The minimum Gasteiger partial charge on any atom is -0.479 e. The quantitative estimate of drug-likeness (QED) is 0.840. The van der Waals surface area contributed by atoms with E-state index in [9.17, 15) is 9.90 Å². The highest BCUT2D eigenvalue weighted by molar-refractivity contribution is 5.85. The van der Waals surface area contributed by atoms with Gasteiger partial charge in [0.2, 0.25) is 0 Å². The minimum atomic E-state index is -1.03. The monoisotopic (exact) mass is 218 g/mol. The molecule has 0 bridgehead atoms. The Balaban J connectivity index is 2.75. The number of carbonyl (C=O) groups is 1. The average molecular weight is 218 g/mol. The van der Waals surface area contributed by atoms with Crippen molar-refractivity contribution >= 4 is 16.9 Å². The van der Waals surface area contributed by atoms with Crippen molar-refractivity contribution in [1.82, 2.24) is 9.78 Å². The number of rotatable bonds is 2. The lowest BCUT2D eigenvalue weighted by Gasteiger charge is -2.20. The molecule has 16 heavy (non-hydrogen) atoms. The van der Waals surface area contributed by atoms with Gasteiger partial charge in [-0.2, -0.15) is 5.10 Å². The zero-order valence-electron chi connectivity index (χ0n) is 9.56. The van der Waals surface area contributed by atoms with Crippen molar-refractivity contribution in [3.63, 3.8) is 0 Å². The van der Waals surface area contributed by atoms with Crippen LogP contribution in [0.3, 0.4) is 0 Å². The van der Waals surface area contributed by atoms with E-state index in [1.54, 1.807) is 18.5 Å². The summed E-state index contributed by atoms with van der Waals surface area (Å²) in [7, 11) is 0. The minimum absolute atomic E-state index is 0.852. The summed E-state index contributed by atoms with van der Waals surface area (Å²) >= 11 is 0. The molecule has 0 spiro atoms. The molecule has 1 aromatic carbocycles. The highest BCUT2D eigenvalue weighted by atomic mass is 16.4. The van der Waals surface area contributed by atoms with Crippen molar-refractivity contribution in [3.05, 3.63) is 30.0 Å². The van der Waals surface area contributed by atoms with Crippen LogP contribution < -0.4 is 0 Å². The lowest BCUT2D eigenvalue weighted by molar-refractivity contribution is -0.146. The Morgan fingerprint density at radius 2 is 2.00 bits per heavy atom. The zero-order valence-corrected chi connectivity index (χ0v) is 9.56. The molecule has 0 atom stereocenters. The number of aliphatic carboxylic acids is 1. The molecule has 0 amide bonds. The number of benzene rings is 1. The van der Waals surface area contributed by atoms with Crippen LogP contribution in [0.2, 0.25) is 0 Å². The highest BCUT2D eigenvalue weighted by Gasteiger charge is 2.32. The average Bonchev–Trinajstić information content (AvgIpc) is 2.57. The van der Waals surface area contributed by atoms with Gasteiger partial charge in [-0.3, -0.25) is 0 Å². The second-order valence-electron chi connectivity index (χ2n) is 4.38. The molecule has 0 aliphatic heterocycles. The summed E-state index contributed by atoms with van der Waals surface area (Å²) < 4.78 is 1.57. The summed E-state index contributed by atoms with van der Waals surface area (Å²) in [5, 5.41) is 14.5. The second kappa shape index (κ2) is 3.33. The Morgan fingerprint density at radius 3 is 2.62 bits per heavy atom. The van der Waals surface area contributed by atoms with E-state index in [-0.39, 0.29) is 0 Å². The maximum absolute atomic E-state index is 11.2. The van der Waals surface area contributed by atoms with Crippen LogP contribution in [0.5, 0.6) is 0 Å². The topological polar surface area (TPSA) is 55.1 Å². The van der Waals surface area contributed by atoms with Crippen molar-refractivity contribution in [2.75, 3.05) is 0 Å². The van der Waals surface area contributed by atoms with E-state index < -0.39 is 11.5 Å². The van der Waals surface area contributed by atoms with Crippen LogP contribution in [0.1, 0.15) is 19.5 Å². The molecule has 0 unspecified atom stereocenters. The molecule has 1 heterocycles. The number of hydrogen-bond donors (Lipinski definition) is 1. The normalized spacial score (nSPS) is 11.9. The molecule has 2 aromatic rings. The van der Waals surface area contributed by atoms with Gasteiger partial charge in [0, 0.05) is 5.39 Å². The molecule has 84 valence electrons. The van der Waals surface area contributed by atoms with Gasteiger partial charge in [0.15, 0.2) is 5.54 Å². The van der Waals surface area contributed by atoms with Crippen LogP contribution in [0.25, 0.3) is 10.9 Å². The first-order valence-electron chi connectivity index (χ1n) is 5.13. The van der Waals surface area contributed by atoms with E-state index in [0.29, 0.717) is 0 Å². The van der Waals surface area contributed by atoms with E-state index >= 15 is 0 Å². The number of nitrogens with zero attached hydrogens (tertiary/aromatic N) is 2. The number of carboxylic acid groups (broad SMARTS) is 1. The Labute approximate surface area is 93.5 Å². The van der Waals surface area contributed by atoms with E-state index in [1.165, 1.54) is 0 Å². The van der Waals surface area contributed by atoms with Crippen molar-refractivity contribution in [3.8, 4) is 0 Å². The second-order valence-corrected chi connectivity index (χ2v) is 4.38. The summed E-state index contributed by atoms with van der Waals surface area (Å²) in [5.41, 5.74) is 0.672. The lowest BCUT2D eigenvalue weighted by atomic mass is 10.1. The van der Waals surface area contributed by atoms with Crippen LogP contribution in [0.4, 0.5) is 0 Å². The van der Waals surface area contributed by atoms with Crippen molar-refractivity contribution in [1.29, 1.82) is 0 Å². The Morgan fingerprint density at radius 1 is 1.38 bits per heavy atom. The molecule has 1 aromatic heterocycles. The smallest absolute Gasteiger partial charge is 0.331 e. The van der Waals surface area contributed by atoms with Crippen LogP contribution in [-0.4, -0.2) is 20.9 Å². The first-order valence-corrected chi connectivity index (χ1v) is 5.13. The third-order valence-corrected chi connectivity index (χ3v) is 2.82. The van der Waals surface area contributed by atoms with Gasteiger partial charge in [-0.15, -0.1) is 0 Å². The number of aryl methyl sites for hydroxylation is 1. The third-order valence-electron chi connectivity index (χ3n) is 2.82. The van der Waals surface area contributed by atoms with Gasteiger partial charge in [-0.25, -0.2) is 9.48 Å². The molecule has 1 N–H and O–H groups in total. The fourth-order valence-electron chi connectivity index (χ4n) is 1.74.